The van der Waals surface area contributed by atoms with Gasteiger partial charge in [0.1, 0.15) is 11.8 Å². The fraction of sp³-hybridized carbons (Fsp3) is 0.462. The van der Waals surface area contributed by atoms with Crippen LogP contribution in [0.4, 0.5) is 0 Å². The first-order valence-electron chi connectivity index (χ1n) is 6.50. The third kappa shape index (κ3) is 2.77. The number of amides is 1. The number of carbonyl (C=O) groups excluding carboxylic acids is 1. The van der Waals surface area contributed by atoms with Gasteiger partial charge in [0.15, 0.2) is 0 Å². The van der Waals surface area contributed by atoms with Crippen LogP contribution in [-0.4, -0.2) is 47.9 Å². The van der Waals surface area contributed by atoms with Crippen LogP contribution in [0.2, 0.25) is 0 Å². The van der Waals surface area contributed by atoms with Crippen molar-refractivity contribution in [2.24, 2.45) is 0 Å². The van der Waals surface area contributed by atoms with E-state index in [0.717, 1.165) is 0 Å². The van der Waals surface area contributed by atoms with Crippen molar-refractivity contribution >= 4 is 17.2 Å². The summed E-state index contributed by atoms with van der Waals surface area (Å²) >= 11 is 1.35. The molecule has 1 aliphatic heterocycles. The fourth-order valence-electron chi connectivity index (χ4n) is 2.18. The van der Waals surface area contributed by atoms with Gasteiger partial charge in [-0.25, -0.2) is 0 Å². The maximum absolute atomic E-state index is 12.7. The SMILES string of the molecule is COc1csc(C(=O)N2CCOC[C@H]2c2nnc(C)o2)c1. The van der Waals surface area contributed by atoms with Gasteiger partial charge in [0, 0.05) is 24.9 Å². The van der Waals surface area contributed by atoms with Gasteiger partial charge in [-0.1, -0.05) is 0 Å². The van der Waals surface area contributed by atoms with Crippen molar-refractivity contribution in [1.29, 1.82) is 0 Å². The van der Waals surface area contributed by atoms with Crippen LogP contribution in [0.5, 0.6) is 5.75 Å². The number of thiophene rings is 1. The highest BCUT2D eigenvalue weighted by molar-refractivity contribution is 7.12. The molecule has 21 heavy (non-hydrogen) atoms. The summed E-state index contributed by atoms with van der Waals surface area (Å²) in [5.41, 5.74) is 0. The Bertz CT molecular complexity index is 639. The van der Waals surface area contributed by atoms with Crippen LogP contribution < -0.4 is 4.74 Å². The molecule has 0 N–H and O–H groups in total. The second kappa shape index (κ2) is 5.82. The third-order valence-corrected chi connectivity index (χ3v) is 4.13. The Morgan fingerprint density at radius 2 is 2.38 bits per heavy atom. The molecule has 112 valence electrons. The zero-order valence-electron chi connectivity index (χ0n) is 11.7. The zero-order valence-corrected chi connectivity index (χ0v) is 12.6. The van der Waals surface area contributed by atoms with Gasteiger partial charge in [0.25, 0.3) is 5.91 Å². The van der Waals surface area contributed by atoms with E-state index in [1.165, 1.54) is 11.3 Å². The minimum atomic E-state index is -0.347. The van der Waals surface area contributed by atoms with E-state index >= 15 is 0 Å². The van der Waals surface area contributed by atoms with E-state index in [9.17, 15) is 4.79 Å². The zero-order chi connectivity index (χ0) is 14.8. The van der Waals surface area contributed by atoms with Gasteiger partial charge in [-0.05, 0) is 0 Å². The number of methoxy groups -OCH3 is 1. The molecule has 0 saturated carbocycles. The van der Waals surface area contributed by atoms with Crippen molar-refractivity contribution in [2.75, 3.05) is 26.9 Å². The van der Waals surface area contributed by atoms with Crippen LogP contribution in [0.15, 0.2) is 15.9 Å². The maximum Gasteiger partial charge on any atom is 0.264 e. The first-order valence-corrected chi connectivity index (χ1v) is 7.38. The molecular formula is C13H15N3O4S. The molecule has 1 fully saturated rings. The summed E-state index contributed by atoms with van der Waals surface area (Å²) in [6.45, 7) is 3.06. The van der Waals surface area contributed by atoms with Gasteiger partial charge in [0.2, 0.25) is 11.8 Å². The van der Waals surface area contributed by atoms with Crippen LogP contribution in [0.3, 0.4) is 0 Å². The van der Waals surface area contributed by atoms with Crippen molar-refractivity contribution in [3.8, 4) is 5.75 Å². The number of ether oxygens (including phenoxy) is 2. The number of hydrogen-bond acceptors (Lipinski definition) is 7. The average molecular weight is 309 g/mol. The third-order valence-electron chi connectivity index (χ3n) is 3.24. The smallest absolute Gasteiger partial charge is 0.264 e. The molecule has 1 amide bonds. The van der Waals surface area contributed by atoms with Gasteiger partial charge >= 0.3 is 0 Å². The monoisotopic (exact) mass is 309 g/mol. The lowest BCUT2D eigenvalue weighted by Gasteiger charge is -2.33. The Hall–Kier alpha value is -1.93. The van der Waals surface area contributed by atoms with E-state index in [4.69, 9.17) is 13.9 Å². The number of hydrogen-bond donors (Lipinski definition) is 0. The molecule has 0 aromatic carbocycles. The minimum absolute atomic E-state index is 0.0764. The second-order valence-corrected chi connectivity index (χ2v) is 5.51. The molecule has 8 heteroatoms. The number of rotatable bonds is 3. The minimum Gasteiger partial charge on any atom is -0.496 e. The summed E-state index contributed by atoms with van der Waals surface area (Å²) in [6, 6.07) is 1.39. The predicted molar refractivity (Wildman–Crippen MR) is 74.5 cm³/mol. The number of aryl methyl sites for hydroxylation is 1. The van der Waals surface area contributed by atoms with Gasteiger partial charge in [-0.2, -0.15) is 0 Å². The molecule has 2 aromatic rings. The Kier molecular flexibility index (Phi) is 3.89. The van der Waals surface area contributed by atoms with Crippen molar-refractivity contribution in [3.05, 3.63) is 28.1 Å². The highest BCUT2D eigenvalue weighted by Crippen LogP contribution is 2.28. The molecule has 0 spiro atoms. The van der Waals surface area contributed by atoms with Gasteiger partial charge in [-0.15, -0.1) is 21.5 Å². The van der Waals surface area contributed by atoms with Crippen LogP contribution in [0.1, 0.15) is 27.5 Å². The van der Waals surface area contributed by atoms with E-state index in [0.29, 0.717) is 42.2 Å². The standard InChI is InChI=1S/C13H15N3O4S/c1-8-14-15-12(20-8)10-6-19-4-3-16(10)13(17)11-5-9(18-2)7-21-11/h5,7,10H,3-4,6H2,1-2H3/t10-/m0/s1. The Labute approximate surface area is 125 Å². The molecule has 0 bridgehead atoms. The highest BCUT2D eigenvalue weighted by Gasteiger charge is 2.33. The first-order chi connectivity index (χ1) is 10.2. The molecule has 0 unspecified atom stereocenters. The quantitative estimate of drug-likeness (QED) is 0.858. The normalized spacial score (nSPS) is 18.8. The summed E-state index contributed by atoms with van der Waals surface area (Å²) in [6.07, 6.45) is 0. The van der Waals surface area contributed by atoms with Gasteiger partial charge < -0.3 is 18.8 Å². The first kappa shape index (κ1) is 14.0. The number of nitrogens with zero attached hydrogens (tertiary/aromatic N) is 3. The second-order valence-electron chi connectivity index (χ2n) is 4.60. The molecule has 0 aliphatic carbocycles. The molecule has 1 atom stereocenters. The summed E-state index contributed by atoms with van der Waals surface area (Å²) < 4.78 is 16.0. The van der Waals surface area contributed by atoms with Gasteiger partial charge in [0.05, 0.1) is 25.2 Å². The number of carbonyl (C=O) groups is 1. The van der Waals surface area contributed by atoms with E-state index in [-0.39, 0.29) is 11.9 Å². The molecule has 0 radical (unpaired) electrons. The van der Waals surface area contributed by atoms with E-state index in [1.807, 2.05) is 0 Å². The molecule has 2 aromatic heterocycles. The number of morpholine rings is 1. The highest BCUT2D eigenvalue weighted by atomic mass is 32.1. The summed E-state index contributed by atoms with van der Waals surface area (Å²) in [5.74, 6) is 1.49. The van der Waals surface area contributed by atoms with Crippen molar-refractivity contribution in [3.63, 3.8) is 0 Å². The molecule has 1 aliphatic rings. The van der Waals surface area contributed by atoms with Gasteiger partial charge in [-0.3, -0.25) is 4.79 Å². The Morgan fingerprint density at radius 1 is 1.52 bits per heavy atom. The largest absolute Gasteiger partial charge is 0.496 e. The lowest BCUT2D eigenvalue weighted by molar-refractivity contribution is -0.0104. The predicted octanol–water partition coefficient (Wildman–Crippen LogP) is 1.66. The lowest BCUT2D eigenvalue weighted by Crippen LogP contribution is -2.43. The van der Waals surface area contributed by atoms with Crippen molar-refractivity contribution < 1.29 is 18.7 Å². The topological polar surface area (TPSA) is 77.7 Å². The summed E-state index contributed by atoms with van der Waals surface area (Å²) in [4.78, 5) is 15.0. The lowest BCUT2D eigenvalue weighted by atomic mass is 10.2. The summed E-state index contributed by atoms with van der Waals surface area (Å²) in [5, 5.41) is 9.63. The van der Waals surface area contributed by atoms with E-state index in [2.05, 4.69) is 10.2 Å². The summed E-state index contributed by atoms with van der Waals surface area (Å²) in [7, 11) is 1.58. The van der Waals surface area contributed by atoms with Crippen LogP contribution in [0, 0.1) is 6.92 Å². The Balaban J connectivity index is 1.85. The molecular weight excluding hydrogens is 294 g/mol. The molecule has 1 saturated heterocycles. The number of aromatic nitrogens is 2. The van der Waals surface area contributed by atoms with Crippen LogP contribution >= 0.6 is 11.3 Å². The molecule has 3 rings (SSSR count). The average Bonchev–Trinajstić information content (AvgIpc) is 3.15. The van der Waals surface area contributed by atoms with Crippen LogP contribution in [0.25, 0.3) is 0 Å². The maximum atomic E-state index is 12.7. The Morgan fingerprint density at radius 3 is 3.05 bits per heavy atom. The molecule has 3 heterocycles. The van der Waals surface area contributed by atoms with Crippen molar-refractivity contribution in [2.45, 2.75) is 13.0 Å². The van der Waals surface area contributed by atoms with E-state index in [1.54, 1.807) is 30.4 Å². The van der Waals surface area contributed by atoms with Crippen molar-refractivity contribution in [1.82, 2.24) is 15.1 Å². The van der Waals surface area contributed by atoms with Crippen LogP contribution in [-0.2, 0) is 4.74 Å². The fourth-order valence-corrected chi connectivity index (χ4v) is 2.99. The molecule has 7 nitrogen and oxygen atoms in total. The van der Waals surface area contributed by atoms with E-state index < -0.39 is 0 Å².